The number of hydrogen-bond donors (Lipinski definition) is 0. The molecule has 0 bridgehead atoms. The van der Waals surface area contributed by atoms with Gasteiger partial charge in [-0.05, 0) is 40.8 Å². The maximum atomic E-state index is 5.44. The minimum Gasteiger partial charge on any atom is -0.430 e. The van der Waals surface area contributed by atoms with Crippen LogP contribution in [-0.4, -0.2) is 10.2 Å². The molecule has 1 heterocycles. The van der Waals surface area contributed by atoms with Gasteiger partial charge >= 0.3 is 0 Å². The van der Waals surface area contributed by atoms with Gasteiger partial charge in [0.15, 0.2) is 0 Å². The van der Waals surface area contributed by atoms with Crippen LogP contribution in [-0.2, 0) is 0 Å². The van der Waals surface area contributed by atoms with Gasteiger partial charge in [-0.2, -0.15) is 0 Å². The van der Waals surface area contributed by atoms with Gasteiger partial charge in [-0.15, -0.1) is 5.10 Å². The Kier molecular flexibility index (Phi) is 2.74. The van der Waals surface area contributed by atoms with Gasteiger partial charge in [-0.1, -0.05) is 22.5 Å². The topological polar surface area (TPSA) is 35.0 Å². The van der Waals surface area contributed by atoms with E-state index in [-0.39, 0.29) is 0 Å². The summed E-state index contributed by atoms with van der Waals surface area (Å²) in [5.41, 5.74) is 1.64. The predicted octanol–water partition coefficient (Wildman–Crippen LogP) is 2.94. The molecule has 0 saturated heterocycles. The summed E-state index contributed by atoms with van der Waals surface area (Å²) < 4.78 is 6.58. The summed E-state index contributed by atoms with van der Waals surface area (Å²) in [6, 6.07) is 7.79. The average molecular weight is 304 g/mol. The van der Waals surface area contributed by atoms with Crippen molar-refractivity contribution in [1.82, 2.24) is 10.2 Å². The van der Waals surface area contributed by atoms with E-state index >= 15 is 0 Å². The molecule has 66 valence electrons. The lowest BCUT2D eigenvalue weighted by molar-refractivity contribution is 0.473. The molecule has 0 aliphatic heterocycles. The Balaban J connectivity index is 2.19. The smallest absolute Gasteiger partial charge is 0.299 e. The van der Waals surface area contributed by atoms with Crippen LogP contribution in [0.25, 0.3) is 0 Å². The lowest BCUT2D eigenvalue weighted by Gasteiger charge is -1.99. The molecule has 0 spiro atoms. The largest absolute Gasteiger partial charge is 0.430 e. The Morgan fingerprint density at radius 3 is 3.00 bits per heavy atom. The highest BCUT2D eigenvalue weighted by Gasteiger charge is 1.99. The summed E-state index contributed by atoms with van der Waals surface area (Å²) in [4.78, 5) is 0. The van der Waals surface area contributed by atoms with Crippen molar-refractivity contribution in [2.24, 2.45) is 0 Å². The standard InChI is InChI=1S/C8H5IN2OS/c9-6-2-1-3-7(4-6)12-8-11-10-5-13-8/h1-5H. The second-order valence-corrected chi connectivity index (χ2v) is 4.31. The Labute approximate surface area is 92.9 Å². The van der Waals surface area contributed by atoms with Crippen molar-refractivity contribution >= 4 is 33.9 Å². The van der Waals surface area contributed by atoms with Crippen LogP contribution in [0.2, 0.25) is 0 Å². The van der Waals surface area contributed by atoms with Gasteiger partial charge < -0.3 is 4.74 Å². The molecule has 0 atom stereocenters. The van der Waals surface area contributed by atoms with E-state index in [0.717, 1.165) is 9.32 Å². The summed E-state index contributed by atoms with van der Waals surface area (Å²) in [6.45, 7) is 0. The molecule has 0 aliphatic carbocycles. The third-order valence-corrected chi connectivity index (χ3v) is 2.58. The Hall–Kier alpha value is -0.690. The summed E-state index contributed by atoms with van der Waals surface area (Å²) in [7, 11) is 0. The first-order chi connectivity index (χ1) is 6.34. The number of aromatic nitrogens is 2. The van der Waals surface area contributed by atoms with Crippen LogP contribution in [0.1, 0.15) is 0 Å². The predicted molar refractivity (Wildman–Crippen MR) is 59.1 cm³/mol. The van der Waals surface area contributed by atoms with Gasteiger partial charge in [0.25, 0.3) is 5.19 Å². The van der Waals surface area contributed by atoms with Crippen molar-refractivity contribution in [3.63, 3.8) is 0 Å². The van der Waals surface area contributed by atoms with E-state index in [9.17, 15) is 0 Å². The molecule has 0 radical (unpaired) electrons. The molecule has 0 amide bonds. The summed E-state index contributed by atoms with van der Waals surface area (Å²) in [5.74, 6) is 0.795. The lowest BCUT2D eigenvalue weighted by Crippen LogP contribution is -1.83. The van der Waals surface area contributed by atoms with Crippen LogP contribution in [0.15, 0.2) is 29.8 Å². The molecular weight excluding hydrogens is 299 g/mol. The monoisotopic (exact) mass is 304 g/mol. The number of benzene rings is 1. The minimum absolute atomic E-state index is 0.571. The number of hydrogen-bond acceptors (Lipinski definition) is 4. The zero-order chi connectivity index (χ0) is 9.10. The minimum atomic E-state index is 0.571. The van der Waals surface area contributed by atoms with Crippen molar-refractivity contribution in [3.05, 3.63) is 33.3 Å². The van der Waals surface area contributed by atoms with Crippen molar-refractivity contribution in [2.75, 3.05) is 0 Å². The van der Waals surface area contributed by atoms with E-state index in [1.54, 1.807) is 5.51 Å². The van der Waals surface area contributed by atoms with Gasteiger partial charge in [0.1, 0.15) is 11.3 Å². The molecule has 2 rings (SSSR count). The van der Waals surface area contributed by atoms with Gasteiger partial charge in [-0.25, -0.2) is 0 Å². The summed E-state index contributed by atoms with van der Waals surface area (Å²) >= 11 is 3.61. The van der Waals surface area contributed by atoms with Crippen LogP contribution in [0.4, 0.5) is 0 Å². The van der Waals surface area contributed by atoms with E-state index < -0.39 is 0 Å². The van der Waals surface area contributed by atoms with E-state index in [4.69, 9.17) is 4.74 Å². The molecule has 0 saturated carbocycles. The molecule has 1 aromatic carbocycles. The van der Waals surface area contributed by atoms with Crippen LogP contribution >= 0.6 is 33.9 Å². The first kappa shape index (κ1) is 8.89. The number of ether oxygens (including phenoxy) is 1. The van der Waals surface area contributed by atoms with Gasteiger partial charge in [0.2, 0.25) is 0 Å². The third kappa shape index (κ3) is 2.38. The first-order valence-corrected chi connectivity index (χ1v) is 5.50. The van der Waals surface area contributed by atoms with Crippen LogP contribution in [0.5, 0.6) is 10.9 Å². The van der Waals surface area contributed by atoms with E-state index in [2.05, 4.69) is 32.8 Å². The number of halogens is 1. The van der Waals surface area contributed by atoms with E-state index in [1.807, 2.05) is 24.3 Å². The zero-order valence-corrected chi connectivity index (χ0v) is 9.45. The second kappa shape index (κ2) is 4.01. The maximum Gasteiger partial charge on any atom is 0.299 e. The van der Waals surface area contributed by atoms with E-state index in [1.165, 1.54) is 11.3 Å². The van der Waals surface area contributed by atoms with Crippen LogP contribution < -0.4 is 4.74 Å². The Bertz CT molecular complexity index is 391. The highest BCUT2D eigenvalue weighted by atomic mass is 127. The number of nitrogens with zero attached hydrogens (tertiary/aromatic N) is 2. The normalized spacial score (nSPS) is 9.92. The third-order valence-electron chi connectivity index (χ3n) is 1.34. The molecule has 0 N–H and O–H groups in total. The van der Waals surface area contributed by atoms with Crippen molar-refractivity contribution in [2.45, 2.75) is 0 Å². The fourth-order valence-electron chi connectivity index (χ4n) is 0.839. The molecular formula is C8H5IN2OS. The Morgan fingerprint density at radius 2 is 2.31 bits per heavy atom. The molecule has 2 aromatic rings. The summed E-state index contributed by atoms with van der Waals surface area (Å²) in [5, 5.41) is 8.04. The maximum absolute atomic E-state index is 5.44. The summed E-state index contributed by atoms with van der Waals surface area (Å²) in [6.07, 6.45) is 0. The van der Waals surface area contributed by atoms with Crippen LogP contribution in [0, 0.1) is 3.57 Å². The average Bonchev–Trinajstić information content (AvgIpc) is 2.57. The van der Waals surface area contributed by atoms with Gasteiger partial charge in [0.05, 0.1) is 0 Å². The first-order valence-electron chi connectivity index (χ1n) is 3.54. The second-order valence-electron chi connectivity index (χ2n) is 2.26. The highest BCUT2D eigenvalue weighted by molar-refractivity contribution is 14.1. The van der Waals surface area contributed by atoms with Gasteiger partial charge in [0, 0.05) is 3.57 Å². The van der Waals surface area contributed by atoms with Gasteiger partial charge in [-0.3, -0.25) is 0 Å². The zero-order valence-electron chi connectivity index (χ0n) is 6.48. The fourth-order valence-corrected chi connectivity index (χ4v) is 1.78. The number of rotatable bonds is 2. The highest BCUT2D eigenvalue weighted by Crippen LogP contribution is 2.23. The molecule has 3 nitrogen and oxygen atoms in total. The SMILES string of the molecule is Ic1cccc(Oc2nncs2)c1. The van der Waals surface area contributed by atoms with E-state index in [0.29, 0.717) is 5.19 Å². The molecule has 1 aromatic heterocycles. The Morgan fingerprint density at radius 1 is 1.38 bits per heavy atom. The molecule has 0 aliphatic rings. The van der Waals surface area contributed by atoms with Crippen molar-refractivity contribution < 1.29 is 4.74 Å². The van der Waals surface area contributed by atoms with Crippen molar-refractivity contribution in [3.8, 4) is 10.9 Å². The van der Waals surface area contributed by atoms with Crippen molar-refractivity contribution in [1.29, 1.82) is 0 Å². The molecule has 0 unspecified atom stereocenters. The fraction of sp³-hybridized carbons (Fsp3) is 0. The molecule has 5 heteroatoms. The quantitative estimate of drug-likeness (QED) is 0.800. The molecule has 0 fully saturated rings. The lowest BCUT2D eigenvalue weighted by atomic mass is 10.3. The molecule has 13 heavy (non-hydrogen) atoms. The van der Waals surface area contributed by atoms with Crippen LogP contribution in [0.3, 0.4) is 0 Å².